The summed E-state index contributed by atoms with van der Waals surface area (Å²) < 4.78 is 44.6. The van der Waals surface area contributed by atoms with Gasteiger partial charge in [-0.3, -0.25) is 14.3 Å². The molecule has 0 bridgehead atoms. The van der Waals surface area contributed by atoms with Crippen LogP contribution in [-0.4, -0.2) is 63.5 Å². The summed E-state index contributed by atoms with van der Waals surface area (Å²) in [5.74, 6) is -0.478. The quantitative estimate of drug-likeness (QED) is 0.0572. The second kappa shape index (κ2) is 18.0. The SMILES string of the molecule is C=Cc1ccc(C(=O)OCCOCCNC(=O)CCCCCN2/C(=C/C=C/C=C/C3=Nc4ccccc4C3(C)C)C(C)(C)c3cc(S(=O)(=O)O)ccc32)cc1. The van der Waals surface area contributed by atoms with Crippen LogP contribution in [0.5, 0.6) is 0 Å². The molecule has 0 fully saturated rings. The van der Waals surface area contributed by atoms with Crippen molar-refractivity contribution in [2.24, 2.45) is 4.99 Å². The van der Waals surface area contributed by atoms with Crippen LogP contribution in [0.15, 0.2) is 119 Å². The number of fused-ring (bicyclic) bond motifs is 2. The lowest BCUT2D eigenvalue weighted by molar-refractivity contribution is -0.121. The van der Waals surface area contributed by atoms with Crippen molar-refractivity contribution in [1.29, 1.82) is 0 Å². The Morgan fingerprint density at radius 3 is 2.38 bits per heavy atom. The number of hydrogen-bond acceptors (Lipinski definition) is 8. The molecular formula is C44H51N3O7S. The van der Waals surface area contributed by atoms with Crippen LogP contribution in [0.4, 0.5) is 11.4 Å². The number of benzene rings is 3. The number of carbonyl (C=O) groups is 2. The molecule has 2 N–H and O–H groups in total. The maximum absolute atomic E-state index is 12.5. The zero-order chi connectivity index (χ0) is 39.6. The fourth-order valence-electron chi connectivity index (χ4n) is 6.88. The lowest BCUT2D eigenvalue weighted by Crippen LogP contribution is -2.28. The number of ether oxygens (including phenoxy) is 2. The Morgan fingerprint density at radius 1 is 0.891 bits per heavy atom. The summed E-state index contributed by atoms with van der Waals surface area (Å²) in [5.41, 5.74) is 6.55. The molecule has 0 aromatic heterocycles. The fraction of sp³-hybridized carbons (Fsp3) is 0.341. The van der Waals surface area contributed by atoms with Crippen LogP contribution in [0, 0.1) is 0 Å². The van der Waals surface area contributed by atoms with Gasteiger partial charge in [0.25, 0.3) is 10.1 Å². The van der Waals surface area contributed by atoms with Crippen molar-refractivity contribution >= 4 is 45.2 Å². The first-order chi connectivity index (χ1) is 26.2. The Balaban J connectivity index is 1.09. The lowest BCUT2D eigenvalue weighted by Gasteiger charge is -2.27. The number of nitrogens with one attached hydrogen (secondary N) is 1. The van der Waals surface area contributed by atoms with Crippen LogP contribution >= 0.6 is 0 Å². The monoisotopic (exact) mass is 765 g/mol. The number of carbonyl (C=O) groups excluding carboxylic acids is 2. The van der Waals surface area contributed by atoms with Gasteiger partial charge < -0.3 is 19.7 Å². The van der Waals surface area contributed by atoms with Crippen LogP contribution in [0.25, 0.3) is 6.08 Å². The summed E-state index contributed by atoms with van der Waals surface area (Å²) >= 11 is 0. The van der Waals surface area contributed by atoms with E-state index < -0.39 is 21.5 Å². The number of allylic oxidation sites excluding steroid dienone is 6. The predicted octanol–water partition coefficient (Wildman–Crippen LogP) is 8.28. The van der Waals surface area contributed by atoms with E-state index in [1.165, 1.54) is 11.6 Å². The molecule has 11 heteroatoms. The van der Waals surface area contributed by atoms with Gasteiger partial charge in [-0.15, -0.1) is 0 Å². The van der Waals surface area contributed by atoms with Crippen molar-refractivity contribution in [3.63, 3.8) is 0 Å². The van der Waals surface area contributed by atoms with Gasteiger partial charge in [0.2, 0.25) is 5.91 Å². The van der Waals surface area contributed by atoms with Crippen molar-refractivity contribution in [2.45, 2.75) is 69.1 Å². The van der Waals surface area contributed by atoms with E-state index in [0.717, 1.165) is 46.8 Å². The maximum atomic E-state index is 12.5. The minimum Gasteiger partial charge on any atom is -0.460 e. The third-order valence-corrected chi connectivity index (χ3v) is 10.9. The highest BCUT2D eigenvalue weighted by molar-refractivity contribution is 7.85. The van der Waals surface area contributed by atoms with E-state index in [2.05, 4.69) is 42.8 Å². The van der Waals surface area contributed by atoms with Gasteiger partial charge in [0.1, 0.15) is 6.61 Å². The van der Waals surface area contributed by atoms with Gasteiger partial charge in [-0.25, -0.2) is 4.79 Å². The summed E-state index contributed by atoms with van der Waals surface area (Å²) in [5, 5.41) is 2.87. The van der Waals surface area contributed by atoms with Gasteiger partial charge in [0.05, 0.1) is 35.1 Å². The number of para-hydroxylation sites is 1. The molecule has 2 aliphatic heterocycles. The van der Waals surface area contributed by atoms with Crippen molar-refractivity contribution in [3.8, 4) is 0 Å². The molecule has 55 heavy (non-hydrogen) atoms. The molecule has 3 aromatic carbocycles. The molecule has 0 radical (unpaired) electrons. The predicted molar refractivity (Wildman–Crippen MR) is 219 cm³/mol. The van der Waals surface area contributed by atoms with Crippen LogP contribution in [-0.2, 0) is 35.2 Å². The van der Waals surface area contributed by atoms with Gasteiger partial charge in [-0.2, -0.15) is 8.42 Å². The summed E-state index contributed by atoms with van der Waals surface area (Å²) in [4.78, 5) is 31.5. The van der Waals surface area contributed by atoms with Gasteiger partial charge in [0, 0.05) is 41.7 Å². The average molecular weight is 766 g/mol. The molecular weight excluding hydrogens is 715 g/mol. The normalized spacial score (nSPS) is 16.3. The number of unbranched alkanes of at least 4 members (excludes halogenated alkanes) is 2. The van der Waals surface area contributed by atoms with Gasteiger partial charge in [0.15, 0.2) is 0 Å². The molecule has 0 atom stereocenters. The highest BCUT2D eigenvalue weighted by Crippen LogP contribution is 2.48. The number of anilines is 1. The Hall–Kier alpha value is -5.10. The van der Waals surface area contributed by atoms with Crippen molar-refractivity contribution in [3.05, 3.63) is 132 Å². The number of nitrogens with zero attached hydrogens (tertiary/aromatic N) is 2. The van der Waals surface area contributed by atoms with Gasteiger partial charge >= 0.3 is 5.97 Å². The highest BCUT2D eigenvalue weighted by Gasteiger charge is 2.40. The third-order valence-electron chi connectivity index (χ3n) is 10.0. The van der Waals surface area contributed by atoms with E-state index in [4.69, 9.17) is 14.5 Å². The fourth-order valence-corrected chi connectivity index (χ4v) is 7.39. The minimum atomic E-state index is -4.37. The summed E-state index contributed by atoms with van der Waals surface area (Å²) in [6.07, 6.45) is 14.4. The van der Waals surface area contributed by atoms with E-state index in [-0.39, 0.29) is 29.4 Å². The van der Waals surface area contributed by atoms with Gasteiger partial charge in [-0.1, -0.05) is 95.3 Å². The first-order valence-electron chi connectivity index (χ1n) is 18.6. The van der Waals surface area contributed by atoms with Crippen LogP contribution in [0.3, 0.4) is 0 Å². The molecule has 1 amide bonds. The van der Waals surface area contributed by atoms with Crippen LogP contribution in [0.1, 0.15) is 80.4 Å². The van der Waals surface area contributed by atoms with Crippen LogP contribution < -0.4 is 10.2 Å². The topological polar surface area (TPSA) is 135 Å². The van der Waals surface area contributed by atoms with E-state index in [1.807, 2.05) is 56.4 Å². The molecule has 10 nitrogen and oxygen atoms in total. The standard InChI is InChI=1S/C44H51N3O7S/c1-6-32-20-22-33(23-21-32)42(49)54-30-29-53-28-26-45-41(48)19-11-8-14-27-47-38-25-24-34(55(50,51)52)31-36(38)44(4,5)40(47)18-10-7-9-17-39-43(2,3)35-15-12-13-16-37(35)46-39/h6-7,9-10,12-13,15-18,20-25,31H,1,8,11,14,19,26-30H2,2-5H3,(H,45,48)(H,50,51,52)/b10-7+,17-9+,40-18+. The van der Waals surface area contributed by atoms with E-state index in [0.29, 0.717) is 38.1 Å². The largest absolute Gasteiger partial charge is 0.460 e. The Bertz CT molecular complexity index is 2110. The van der Waals surface area contributed by atoms with E-state index in [9.17, 15) is 22.6 Å². The summed E-state index contributed by atoms with van der Waals surface area (Å²) in [6, 6.07) is 19.9. The molecule has 0 aliphatic carbocycles. The molecule has 290 valence electrons. The summed E-state index contributed by atoms with van der Waals surface area (Å²) in [7, 11) is -4.37. The Kier molecular flexibility index (Phi) is 13.5. The number of esters is 1. The van der Waals surface area contributed by atoms with Gasteiger partial charge in [-0.05, 0) is 78.1 Å². The van der Waals surface area contributed by atoms with Crippen LogP contribution in [0.2, 0.25) is 0 Å². The molecule has 2 aliphatic rings. The minimum absolute atomic E-state index is 0.0574. The first-order valence-corrected chi connectivity index (χ1v) is 20.1. The molecule has 0 saturated heterocycles. The van der Waals surface area contributed by atoms with Crippen molar-refractivity contribution in [1.82, 2.24) is 5.32 Å². The molecule has 3 aromatic rings. The summed E-state index contributed by atoms with van der Waals surface area (Å²) in [6.45, 7) is 13.8. The van der Waals surface area contributed by atoms with E-state index >= 15 is 0 Å². The molecule has 0 saturated carbocycles. The highest BCUT2D eigenvalue weighted by atomic mass is 32.2. The second-order valence-electron chi connectivity index (χ2n) is 14.6. The zero-order valence-electron chi connectivity index (χ0n) is 32.1. The maximum Gasteiger partial charge on any atom is 0.338 e. The number of rotatable bonds is 18. The van der Waals surface area contributed by atoms with Crippen molar-refractivity contribution < 1.29 is 32.0 Å². The smallest absolute Gasteiger partial charge is 0.338 e. The number of aliphatic imine (C=N–C) groups is 1. The number of amides is 1. The Labute approximate surface area is 325 Å². The average Bonchev–Trinajstić information content (AvgIpc) is 3.54. The first kappa shape index (κ1) is 41.1. The lowest BCUT2D eigenvalue weighted by atomic mass is 9.81. The second-order valence-corrected chi connectivity index (χ2v) is 16.0. The van der Waals surface area contributed by atoms with E-state index in [1.54, 1.807) is 42.5 Å². The third kappa shape index (κ3) is 10.2. The number of hydrogen-bond donors (Lipinski definition) is 2. The van der Waals surface area contributed by atoms with Crippen molar-refractivity contribution in [2.75, 3.05) is 37.8 Å². The molecule has 5 rings (SSSR count). The molecule has 0 spiro atoms. The zero-order valence-corrected chi connectivity index (χ0v) is 32.9. The molecule has 2 heterocycles. The Morgan fingerprint density at radius 2 is 1.65 bits per heavy atom. The molecule has 0 unspecified atom stereocenters.